The fourth-order valence-electron chi connectivity index (χ4n) is 2.92. The first-order valence-corrected chi connectivity index (χ1v) is 9.27. The summed E-state index contributed by atoms with van der Waals surface area (Å²) in [5, 5.41) is 0. The number of hydrogen-bond acceptors (Lipinski definition) is 6. The number of carbonyl (C=O) groups excluding carboxylic acids is 3. The van der Waals surface area contributed by atoms with Crippen molar-refractivity contribution in [2.24, 2.45) is 0 Å². The number of benzene rings is 1. The van der Waals surface area contributed by atoms with Crippen molar-refractivity contribution in [2.75, 3.05) is 13.2 Å². The second-order valence-electron chi connectivity index (χ2n) is 5.93. The molecule has 0 unspecified atom stereocenters. The zero-order chi connectivity index (χ0) is 19.6. The van der Waals surface area contributed by atoms with Gasteiger partial charge in [-0.2, -0.15) is 0 Å². The molecule has 27 heavy (non-hydrogen) atoms. The molecule has 142 valence electrons. The molecule has 1 aliphatic heterocycles. The van der Waals surface area contributed by atoms with Crippen LogP contribution >= 0.6 is 11.3 Å². The smallest absolute Gasteiger partial charge is 0.352 e. The van der Waals surface area contributed by atoms with Crippen LogP contribution in [0, 0.1) is 5.82 Å². The highest BCUT2D eigenvalue weighted by molar-refractivity contribution is 7.14. The molecule has 0 spiro atoms. The summed E-state index contributed by atoms with van der Waals surface area (Å²) in [5.74, 6) is -2.05. The lowest BCUT2D eigenvalue weighted by Crippen LogP contribution is -2.36. The van der Waals surface area contributed by atoms with Crippen molar-refractivity contribution < 1.29 is 28.2 Å². The van der Waals surface area contributed by atoms with Crippen molar-refractivity contribution in [1.82, 2.24) is 4.90 Å². The Bertz CT molecular complexity index is 908. The largest absolute Gasteiger partial charge is 0.462 e. The highest BCUT2D eigenvalue weighted by Crippen LogP contribution is 2.40. The van der Waals surface area contributed by atoms with E-state index >= 15 is 0 Å². The highest BCUT2D eigenvalue weighted by Gasteiger charge is 2.32. The molecule has 0 atom stereocenters. The second kappa shape index (κ2) is 7.87. The summed E-state index contributed by atoms with van der Waals surface area (Å²) in [6.45, 7) is 3.62. The van der Waals surface area contributed by atoms with Crippen LogP contribution in [0.1, 0.15) is 44.3 Å². The summed E-state index contributed by atoms with van der Waals surface area (Å²) in [4.78, 5) is 39.0. The molecule has 8 heteroatoms. The zero-order valence-corrected chi connectivity index (χ0v) is 15.7. The molecule has 1 aromatic heterocycles. The highest BCUT2D eigenvalue weighted by atomic mass is 32.1. The number of ether oxygens (including phenoxy) is 2. The summed E-state index contributed by atoms with van der Waals surface area (Å²) in [6, 6.07) is 5.78. The Morgan fingerprint density at radius 2 is 2.00 bits per heavy atom. The molecule has 0 bridgehead atoms. The van der Waals surface area contributed by atoms with Gasteiger partial charge in [0.2, 0.25) is 0 Å². The van der Waals surface area contributed by atoms with E-state index in [-0.39, 0.29) is 29.3 Å². The first-order valence-electron chi connectivity index (χ1n) is 8.46. The van der Waals surface area contributed by atoms with Crippen molar-refractivity contribution in [3.05, 3.63) is 51.0 Å². The lowest BCUT2D eigenvalue weighted by Gasteiger charge is -2.27. The molecule has 0 saturated heterocycles. The van der Waals surface area contributed by atoms with Crippen LogP contribution in [-0.4, -0.2) is 35.9 Å². The van der Waals surface area contributed by atoms with Crippen molar-refractivity contribution in [3.8, 4) is 5.75 Å². The molecule has 2 heterocycles. The molecule has 6 nitrogen and oxygen atoms in total. The van der Waals surface area contributed by atoms with Gasteiger partial charge >= 0.3 is 11.9 Å². The summed E-state index contributed by atoms with van der Waals surface area (Å²) >= 11 is 1.20. The van der Waals surface area contributed by atoms with Crippen LogP contribution in [0.25, 0.3) is 0 Å². The number of halogens is 1. The monoisotopic (exact) mass is 391 g/mol. The van der Waals surface area contributed by atoms with E-state index in [1.807, 2.05) is 0 Å². The van der Waals surface area contributed by atoms with Crippen LogP contribution in [-0.2, 0) is 22.5 Å². The number of esters is 2. The molecular weight excluding hydrogens is 373 g/mol. The van der Waals surface area contributed by atoms with E-state index < -0.39 is 23.7 Å². The molecule has 0 N–H and O–H groups in total. The van der Waals surface area contributed by atoms with E-state index in [1.165, 1.54) is 41.4 Å². The van der Waals surface area contributed by atoms with E-state index in [9.17, 15) is 18.8 Å². The van der Waals surface area contributed by atoms with Crippen LogP contribution < -0.4 is 4.74 Å². The van der Waals surface area contributed by atoms with Crippen molar-refractivity contribution in [1.29, 1.82) is 0 Å². The van der Waals surface area contributed by atoms with Gasteiger partial charge in [0.1, 0.15) is 5.82 Å². The topological polar surface area (TPSA) is 72.9 Å². The summed E-state index contributed by atoms with van der Waals surface area (Å²) < 4.78 is 24.3. The Balaban J connectivity index is 1.94. The third kappa shape index (κ3) is 3.85. The molecule has 0 saturated carbocycles. The number of fused-ring (bicyclic) bond motifs is 1. The number of rotatable bonds is 4. The Kier molecular flexibility index (Phi) is 5.55. The summed E-state index contributed by atoms with van der Waals surface area (Å²) in [5.41, 5.74) is 0.574. The Morgan fingerprint density at radius 3 is 2.67 bits per heavy atom. The fraction of sp³-hybridized carbons (Fsp3) is 0.316. The average Bonchev–Trinajstić information content (AvgIpc) is 2.99. The standard InChI is InChI=1S/C19H18FNO5S/c1-3-25-19(24)17-16(26-11(2)22)13-10-21(9-8-15(13)27-17)18(23)12-6-4-5-7-14(12)20/h4-7H,3,8-10H2,1-2H3. The summed E-state index contributed by atoms with van der Waals surface area (Å²) in [6.07, 6.45) is 0.480. The van der Waals surface area contributed by atoms with Gasteiger partial charge in [-0.1, -0.05) is 12.1 Å². The average molecular weight is 391 g/mol. The fourth-order valence-corrected chi connectivity index (χ4v) is 4.04. The van der Waals surface area contributed by atoms with E-state index in [0.717, 1.165) is 4.88 Å². The van der Waals surface area contributed by atoms with Gasteiger partial charge in [-0.3, -0.25) is 9.59 Å². The maximum atomic E-state index is 14.0. The lowest BCUT2D eigenvalue weighted by molar-refractivity contribution is -0.131. The van der Waals surface area contributed by atoms with Gasteiger partial charge in [0, 0.05) is 23.9 Å². The molecule has 1 aromatic carbocycles. The van der Waals surface area contributed by atoms with Crippen molar-refractivity contribution in [2.45, 2.75) is 26.8 Å². The number of nitrogens with zero attached hydrogens (tertiary/aromatic N) is 1. The maximum Gasteiger partial charge on any atom is 0.352 e. The lowest BCUT2D eigenvalue weighted by atomic mass is 10.1. The number of amides is 1. The van der Waals surface area contributed by atoms with Gasteiger partial charge in [-0.15, -0.1) is 11.3 Å². The Labute approximate surface area is 159 Å². The molecule has 2 aromatic rings. The molecule has 1 amide bonds. The van der Waals surface area contributed by atoms with Crippen molar-refractivity contribution in [3.63, 3.8) is 0 Å². The van der Waals surface area contributed by atoms with Crippen molar-refractivity contribution >= 4 is 29.2 Å². The van der Waals surface area contributed by atoms with Gasteiger partial charge in [0.15, 0.2) is 10.6 Å². The SMILES string of the molecule is CCOC(=O)c1sc2c(c1OC(C)=O)CN(C(=O)c1ccccc1F)CC2. The Morgan fingerprint density at radius 1 is 1.26 bits per heavy atom. The minimum atomic E-state index is -0.592. The molecule has 0 aliphatic carbocycles. The van der Waals surface area contributed by atoms with E-state index in [4.69, 9.17) is 9.47 Å². The normalized spacial score (nSPS) is 13.1. The van der Waals surface area contributed by atoms with Crippen LogP contribution in [0.4, 0.5) is 4.39 Å². The van der Waals surface area contributed by atoms with Gasteiger partial charge in [0.05, 0.1) is 18.7 Å². The van der Waals surface area contributed by atoms with Crippen LogP contribution in [0.15, 0.2) is 24.3 Å². The molecule has 0 fully saturated rings. The Hall–Kier alpha value is -2.74. The third-order valence-corrected chi connectivity index (χ3v) is 5.35. The van der Waals surface area contributed by atoms with E-state index in [0.29, 0.717) is 18.5 Å². The number of hydrogen-bond donors (Lipinski definition) is 0. The summed E-state index contributed by atoms with van der Waals surface area (Å²) in [7, 11) is 0. The van der Waals surface area contributed by atoms with E-state index in [1.54, 1.807) is 13.0 Å². The first kappa shape index (κ1) is 19.0. The van der Waals surface area contributed by atoms with Gasteiger partial charge in [-0.25, -0.2) is 9.18 Å². The molecule has 3 rings (SSSR count). The van der Waals surface area contributed by atoms with Crippen LogP contribution in [0.2, 0.25) is 0 Å². The van der Waals surface area contributed by atoms with Gasteiger partial charge < -0.3 is 14.4 Å². The molecule has 1 aliphatic rings. The number of carbonyl (C=O) groups is 3. The minimum absolute atomic E-state index is 0.0177. The maximum absolute atomic E-state index is 14.0. The van der Waals surface area contributed by atoms with Crippen LogP contribution in [0.5, 0.6) is 5.75 Å². The van der Waals surface area contributed by atoms with Gasteiger partial charge in [0.25, 0.3) is 5.91 Å². The van der Waals surface area contributed by atoms with Gasteiger partial charge in [-0.05, 0) is 25.5 Å². The molecular formula is C19H18FNO5S. The third-order valence-electron chi connectivity index (χ3n) is 4.10. The minimum Gasteiger partial charge on any atom is -0.462 e. The second-order valence-corrected chi connectivity index (χ2v) is 7.04. The predicted octanol–water partition coefficient (Wildman–Crippen LogP) is 3.19. The van der Waals surface area contributed by atoms with E-state index in [2.05, 4.69) is 0 Å². The first-order chi connectivity index (χ1) is 12.9. The quantitative estimate of drug-likeness (QED) is 0.749. The number of thiophene rings is 1. The van der Waals surface area contributed by atoms with Crippen LogP contribution in [0.3, 0.4) is 0 Å². The molecule has 0 radical (unpaired) electrons. The zero-order valence-electron chi connectivity index (χ0n) is 14.9. The predicted molar refractivity (Wildman–Crippen MR) is 96.4 cm³/mol.